The Labute approximate surface area is 125 Å². The van der Waals surface area contributed by atoms with E-state index in [9.17, 15) is 19.5 Å². The molecule has 2 atom stereocenters. The summed E-state index contributed by atoms with van der Waals surface area (Å²) in [6.07, 6.45) is 2.25. The fourth-order valence-electron chi connectivity index (χ4n) is 2.58. The summed E-state index contributed by atoms with van der Waals surface area (Å²) in [5, 5.41) is 22.3. The first kappa shape index (κ1) is 15.6. The van der Waals surface area contributed by atoms with Crippen LogP contribution in [0.2, 0.25) is 0 Å². The van der Waals surface area contributed by atoms with Crippen molar-refractivity contribution in [1.82, 2.24) is 10.2 Å². The van der Waals surface area contributed by atoms with Gasteiger partial charge in [0.1, 0.15) is 5.70 Å². The van der Waals surface area contributed by atoms with Crippen molar-refractivity contribution in [3.05, 3.63) is 22.2 Å². The molecule has 0 aromatic rings. The molecule has 114 valence electrons. The number of rotatable bonds is 6. The quantitative estimate of drug-likeness (QED) is 0.606. The number of carboxylic acid groups (broad SMARTS) is 1. The summed E-state index contributed by atoms with van der Waals surface area (Å²) in [4.78, 5) is 35.9. The number of aliphatic hydroxyl groups is 1. The minimum atomic E-state index is -1.14. The van der Waals surface area contributed by atoms with E-state index >= 15 is 0 Å². The summed E-state index contributed by atoms with van der Waals surface area (Å²) >= 11 is 1.18. The van der Waals surface area contributed by atoms with E-state index < -0.39 is 5.97 Å². The maximum absolute atomic E-state index is 11.9. The zero-order chi connectivity index (χ0) is 15.6. The van der Waals surface area contributed by atoms with Crippen molar-refractivity contribution in [2.75, 3.05) is 6.61 Å². The molecule has 21 heavy (non-hydrogen) atoms. The molecule has 7 nitrogen and oxygen atoms in total. The van der Waals surface area contributed by atoms with Crippen molar-refractivity contribution in [2.45, 2.75) is 25.8 Å². The molecule has 0 aromatic heterocycles. The van der Waals surface area contributed by atoms with E-state index in [1.807, 2.05) is 0 Å². The third kappa shape index (κ3) is 2.96. The Kier molecular flexibility index (Phi) is 4.69. The van der Waals surface area contributed by atoms with Crippen molar-refractivity contribution >= 4 is 29.5 Å². The van der Waals surface area contributed by atoms with Crippen LogP contribution in [0.1, 0.15) is 19.8 Å². The summed E-state index contributed by atoms with van der Waals surface area (Å²) in [6, 6.07) is -0.174. The predicted octanol–water partition coefficient (Wildman–Crippen LogP) is 0.236. The van der Waals surface area contributed by atoms with E-state index in [0.717, 1.165) is 0 Å². The Balaban J connectivity index is 2.09. The van der Waals surface area contributed by atoms with Crippen molar-refractivity contribution in [1.29, 1.82) is 0 Å². The van der Waals surface area contributed by atoms with Gasteiger partial charge in [0.2, 0.25) is 11.8 Å². The normalized spacial score (nSPS) is 24.3. The van der Waals surface area contributed by atoms with Crippen LogP contribution in [-0.2, 0) is 14.4 Å². The minimum Gasteiger partial charge on any atom is -0.477 e. The van der Waals surface area contributed by atoms with Gasteiger partial charge in [-0.05, 0) is 11.8 Å². The van der Waals surface area contributed by atoms with Gasteiger partial charge >= 0.3 is 5.97 Å². The first-order chi connectivity index (χ1) is 9.97. The van der Waals surface area contributed by atoms with Crippen LogP contribution < -0.4 is 5.32 Å². The van der Waals surface area contributed by atoms with Gasteiger partial charge in [0.05, 0.1) is 12.0 Å². The van der Waals surface area contributed by atoms with Crippen LogP contribution in [0, 0.1) is 5.92 Å². The smallest absolute Gasteiger partial charge is 0.353 e. The minimum absolute atomic E-state index is 0.0108. The second kappa shape index (κ2) is 6.31. The summed E-state index contributed by atoms with van der Waals surface area (Å²) in [5.74, 6) is -1.90. The number of hydrogen-bond donors (Lipinski definition) is 3. The molecular weight excluding hydrogens is 296 g/mol. The lowest BCUT2D eigenvalue weighted by Crippen LogP contribution is -2.58. The molecule has 3 N–H and O–H groups in total. The van der Waals surface area contributed by atoms with E-state index in [1.165, 1.54) is 29.8 Å². The van der Waals surface area contributed by atoms with Crippen molar-refractivity contribution in [3.8, 4) is 0 Å². The van der Waals surface area contributed by atoms with E-state index in [-0.39, 0.29) is 36.1 Å². The van der Waals surface area contributed by atoms with Crippen molar-refractivity contribution < 1.29 is 24.6 Å². The van der Waals surface area contributed by atoms with Gasteiger partial charge in [0.15, 0.2) is 0 Å². The molecule has 2 amide bonds. The maximum Gasteiger partial charge on any atom is 0.353 e. The van der Waals surface area contributed by atoms with E-state index in [4.69, 9.17) is 5.11 Å². The standard InChI is InChI=1S/C13H16N2O5S/c1-7(17)14-3-5-21-10-6-9-8(2-4-16)12(18)15(9)11(10)13(19)20/h3,5,8-9,16H,2,4,6H2,1H3,(H,14,17)(H,19,20). The molecule has 0 bridgehead atoms. The van der Waals surface area contributed by atoms with E-state index in [2.05, 4.69) is 5.32 Å². The number of carboxylic acids is 1. The third-order valence-corrected chi connectivity index (χ3v) is 4.37. The van der Waals surface area contributed by atoms with E-state index in [0.29, 0.717) is 17.7 Å². The van der Waals surface area contributed by atoms with Crippen LogP contribution in [0.4, 0.5) is 0 Å². The number of carbonyl (C=O) groups excluding carboxylic acids is 2. The third-order valence-electron chi connectivity index (χ3n) is 3.46. The van der Waals surface area contributed by atoms with E-state index in [1.54, 1.807) is 5.41 Å². The predicted molar refractivity (Wildman–Crippen MR) is 75.7 cm³/mol. The molecule has 0 spiro atoms. The summed E-state index contributed by atoms with van der Waals surface area (Å²) in [5.41, 5.74) is 0.0108. The summed E-state index contributed by atoms with van der Waals surface area (Å²) in [6.45, 7) is 1.28. The number of hydrogen-bond acceptors (Lipinski definition) is 5. The van der Waals surface area contributed by atoms with Gasteiger partial charge in [0.25, 0.3) is 0 Å². The summed E-state index contributed by atoms with van der Waals surface area (Å²) in [7, 11) is 0. The molecular formula is C13H16N2O5S. The molecule has 2 rings (SSSR count). The summed E-state index contributed by atoms with van der Waals surface area (Å²) < 4.78 is 0. The Bertz CT molecular complexity index is 543. The van der Waals surface area contributed by atoms with Crippen LogP contribution in [0.5, 0.6) is 0 Å². The molecule has 0 saturated carbocycles. The average molecular weight is 312 g/mol. The molecule has 0 aliphatic carbocycles. The number of β-lactam (4-membered cyclic amide) rings is 1. The van der Waals surface area contributed by atoms with Crippen LogP contribution in [-0.4, -0.2) is 45.5 Å². The van der Waals surface area contributed by atoms with Gasteiger partial charge in [-0.15, -0.1) is 0 Å². The zero-order valence-electron chi connectivity index (χ0n) is 11.4. The monoisotopic (exact) mass is 312 g/mol. The molecule has 1 fully saturated rings. The largest absolute Gasteiger partial charge is 0.477 e. The number of nitrogens with one attached hydrogen (secondary N) is 1. The second-order valence-electron chi connectivity index (χ2n) is 4.80. The van der Waals surface area contributed by atoms with Crippen molar-refractivity contribution in [3.63, 3.8) is 0 Å². The highest BCUT2D eigenvalue weighted by atomic mass is 32.2. The lowest BCUT2D eigenvalue weighted by molar-refractivity contribution is -0.155. The number of nitrogens with zero attached hydrogens (tertiary/aromatic N) is 1. The highest BCUT2D eigenvalue weighted by molar-refractivity contribution is 8.05. The second-order valence-corrected chi connectivity index (χ2v) is 5.80. The SMILES string of the molecule is CC(=O)NC=CSC1=C(C(=O)O)N2C(=O)C(CCO)C2C1. The van der Waals surface area contributed by atoms with Crippen LogP contribution in [0.25, 0.3) is 0 Å². The fourth-order valence-corrected chi connectivity index (χ4v) is 3.45. The number of aliphatic hydroxyl groups excluding tert-OH is 1. The fraction of sp³-hybridized carbons (Fsp3) is 0.462. The maximum atomic E-state index is 11.9. The molecule has 2 aliphatic rings. The molecule has 1 saturated heterocycles. The molecule has 2 aliphatic heterocycles. The molecule has 2 heterocycles. The lowest BCUT2D eigenvalue weighted by atomic mass is 9.85. The van der Waals surface area contributed by atoms with Crippen LogP contribution >= 0.6 is 11.8 Å². The number of fused-ring (bicyclic) bond motifs is 1. The molecule has 0 aromatic carbocycles. The lowest BCUT2D eigenvalue weighted by Gasteiger charge is -2.43. The first-order valence-electron chi connectivity index (χ1n) is 6.46. The average Bonchev–Trinajstić information content (AvgIpc) is 2.76. The van der Waals surface area contributed by atoms with Gasteiger partial charge in [-0.25, -0.2) is 4.79 Å². The Hall–Kier alpha value is -1.80. The molecule has 2 unspecified atom stereocenters. The van der Waals surface area contributed by atoms with Crippen LogP contribution in [0.15, 0.2) is 22.2 Å². The molecule has 8 heteroatoms. The topological polar surface area (TPSA) is 107 Å². The number of carbonyl (C=O) groups is 3. The number of aliphatic carboxylic acids is 1. The van der Waals surface area contributed by atoms with Crippen molar-refractivity contribution in [2.24, 2.45) is 5.92 Å². The van der Waals surface area contributed by atoms with Gasteiger partial charge in [-0.3, -0.25) is 9.59 Å². The van der Waals surface area contributed by atoms with Gasteiger partial charge in [0, 0.05) is 31.1 Å². The zero-order valence-corrected chi connectivity index (χ0v) is 12.2. The number of amides is 2. The van der Waals surface area contributed by atoms with Gasteiger partial charge in [-0.2, -0.15) is 0 Å². The van der Waals surface area contributed by atoms with Crippen LogP contribution in [0.3, 0.4) is 0 Å². The van der Waals surface area contributed by atoms with Gasteiger partial charge in [-0.1, -0.05) is 11.8 Å². The molecule has 0 radical (unpaired) electrons. The highest BCUT2D eigenvalue weighted by Gasteiger charge is 2.54. The van der Waals surface area contributed by atoms with Gasteiger partial charge < -0.3 is 20.4 Å². The highest BCUT2D eigenvalue weighted by Crippen LogP contribution is 2.47. The number of thioether (sulfide) groups is 1. The Morgan fingerprint density at radius 2 is 2.24 bits per heavy atom. The first-order valence-corrected chi connectivity index (χ1v) is 7.34. The Morgan fingerprint density at radius 1 is 1.52 bits per heavy atom. The Morgan fingerprint density at radius 3 is 2.81 bits per heavy atom.